The zero-order valence-electron chi connectivity index (χ0n) is 33.0. The zero-order valence-corrected chi connectivity index (χ0v) is 34.5. The number of benzene rings is 2. The highest BCUT2D eigenvalue weighted by Crippen LogP contribution is 2.26. The molecule has 4 heterocycles. The van der Waals surface area contributed by atoms with E-state index in [9.17, 15) is 14.4 Å². The summed E-state index contributed by atoms with van der Waals surface area (Å²) >= 11 is 11.8. The molecule has 0 radical (unpaired) electrons. The summed E-state index contributed by atoms with van der Waals surface area (Å²) in [6.45, 7) is 15.2. The van der Waals surface area contributed by atoms with Crippen LogP contribution in [0.4, 0.5) is 21.2 Å². The summed E-state index contributed by atoms with van der Waals surface area (Å²) in [6.07, 6.45) is 6.09. The fourth-order valence-corrected chi connectivity index (χ4v) is 6.74. The largest absolute Gasteiger partial charge is 0.444 e. The smallest absolute Gasteiger partial charge is 0.410 e. The van der Waals surface area contributed by atoms with Gasteiger partial charge in [-0.2, -0.15) is 0 Å². The Kier molecular flexibility index (Phi) is 14.3. The molecule has 0 saturated carbocycles. The van der Waals surface area contributed by atoms with Crippen LogP contribution in [-0.4, -0.2) is 98.3 Å². The molecular weight excluding hydrogens is 755 g/mol. The van der Waals surface area contributed by atoms with Gasteiger partial charge in [-0.3, -0.25) is 9.69 Å². The van der Waals surface area contributed by atoms with E-state index in [1.807, 2.05) is 84.0 Å². The third-order valence-electron chi connectivity index (χ3n) is 9.30. The van der Waals surface area contributed by atoms with Crippen molar-refractivity contribution in [2.45, 2.75) is 78.4 Å². The summed E-state index contributed by atoms with van der Waals surface area (Å²) in [5, 5.41) is 5.67. The minimum atomic E-state index is -0.525. The number of ether oxygens (including phenoxy) is 2. The first-order chi connectivity index (χ1) is 26.5. The number of likely N-dealkylation sites (tertiary alicyclic amines) is 2. The standard InChI is InChI=1S/C26H29ClN4O3.C15H23ClN4O2/c1-26(2,3)34-25(33)30-14-11-18(12-15-30)17-31(22-10-13-28-24(27)29-22)23(32)21-9-8-19-6-4-5-7-20(19)16-21;1-15(2,3)22-14(21)20-8-5-11(6-9-20)10-18-12-4-7-17-13(16)19-12/h4-10,13,16,18H,11-12,14-15,17H2,1-3H3;4,7,11H,5-6,8-10H2,1-3H3,(H,17,18,19). The van der Waals surface area contributed by atoms with Gasteiger partial charge in [0.1, 0.15) is 22.8 Å². The SMILES string of the molecule is CC(C)(C)OC(=O)N1CCC(CN(C(=O)c2ccc3ccccc3c2)c2ccnc(Cl)n2)CC1.CC(C)(C)OC(=O)N1CCC(CNc2ccnc(Cl)n2)CC1. The van der Waals surface area contributed by atoms with Crippen LogP contribution in [-0.2, 0) is 9.47 Å². The summed E-state index contributed by atoms with van der Waals surface area (Å²) in [4.78, 5) is 59.4. The highest BCUT2D eigenvalue weighted by Gasteiger charge is 2.30. The minimum Gasteiger partial charge on any atom is -0.444 e. The van der Waals surface area contributed by atoms with Crippen LogP contribution in [0.25, 0.3) is 10.8 Å². The molecule has 56 heavy (non-hydrogen) atoms. The molecule has 300 valence electrons. The fraction of sp³-hybridized carbons (Fsp3) is 0.488. The molecule has 2 aromatic carbocycles. The van der Waals surface area contributed by atoms with Crippen molar-refractivity contribution in [3.05, 3.63) is 83.1 Å². The molecule has 0 atom stereocenters. The Morgan fingerprint density at radius 3 is 1.82 bits per heavy atom. The number of anilines is 2. The minimum absolute atomic E-state index is 0.0913. The molecule has 6 rings (SSSR count). The van der Waals surface area contributed by atoms with Crippen molar-refractivity contribution in [2.75, 3.05) is 49.5 Å². The lowest BCUT2D eigenvalue weighted by Gasteiger charge is -2.35. The molecule has 13 nitrogen and oxygen atoms in total. The van der Waals surface area contributed by atoms with Gasteiger partial charge in [0, 0.05) is 57.2 Å². The van der Waals surface area contributed by atoms with Crippen LogP contribution in [0, 0.1) is 11.8 Å². The molecule has 2 aromatic heterocycles. The van der Waals surface area contributed by atoms with E-state index >= 15 is 0 Å². The van der Waals surface area contributed by atoms with Crippen LogP contribution in [0.5, 0.6) is 0 Å². The van der Waals surface area contributed by atoms with E-state index in [2.05, 4.69) is 25.3 Å². The molecule has 2 saturated heterocycles. The molecule has 0 spiro atoms. The second-order valence-corrected chi connectivity index (χ2v) is 16.8. The molecular formula is C41H52Cl2N8O5. The Morgan fingerprint density at radius 1 is 0.732 bits per heavy atom. The van der Waals surface area contributed by atoms with E-state index in [-0.39, 0.29) is 34.6 Å². The van der Waals surface area contributed by atoms with Crippen molar-refractivity contribution >= 4 is 63.7 Å². The van der Waals surface area contributed by atoms with Crippen molar-refractivity contribution in [1.82, 2.24) is 29.7 Å². The number of hydrogen-bond acceptors (Lipinski definition) is 10. The van der Waals surface area contributed by atoms with E-state index in [0.29, 0.717) is 36.9 Å². The monoisotopic (exact) mass is 806 g/mol. The van der Waals surface area contributed by atoms with Gasteiger partial charge in [0.05, 0.1) is 0 Å². The van der Waals surface area contributed by atoms with Crippen LogP contribution >= 0.6 is 23.2 Å². The van der Waals surface area contributed by atoms with Crippen molar-refractivity contribution in [3.8, 4) is 0 Å². The van der Waals surface area contributed by atoms with Gasteiger partial charge in [-0.05, 0) is 137 Å². The molecule has 0 unspecified atom stereocenters. The number of piperidine rings is 2. The fourth-order valence-electron chi connectivity index (χ4n) is 6.45. The molecule has 2 fully saturated rings. The maximum Gasteiger partial charge on any atom is 0.410 e. The Labute approximate surface area is 339 Å². The van der Waals surface area contributed by atoms with Crippen LogP contribution in [0.1, 0.15) is 77.6 Å². The van der Waals surface area contributed by atoms with E-state index in [4.69, 9.17) is 32.7 Å². The lowest BCUT2D eigenvalue weighted by Crippen LogP contribution is -2.45. The van der Waals surface area contributed by atoms with E-state index < -0.39 is 11.2 Å². The number of aromatic nitrogens is 4. The number of hydrogen-bond donors (Lipinski definition) is 1. The summed E-state index contributed by atoms with van der Waals surface area (Å²) in [5.74, 6) is 1.77. The molecule has 4 aromatic rings. The first-order valence-electron chi connectivity index (χ1n) is 19.0. The number of nitrogens with zero attached hydrogens (tertiary/aromatic N) is 7. The van der Waals surface area contributed by atoms with E-state index in [0.717, 1.165) is 61.9 Å². The van der Waals surface area contributed by atoms with Gasteiger partial charge in [0.2, 0.25) is 10.6 Å². The predicted octanol–water partition coefficient (Wildman–Crippen LogP) is 8.77. The van der Waals surface area contributed by atoms with Gasteiger partial charge in [-0.1, -0.05) is 30.3 Å². The number of carbonyl (C=O) groups excluding carboxylic acids is 3. The van der Waals surface area contributed by atoms with Gasteiger partial charge in [-0.15, -0.1) is 0 Å². The number of halogens is 2. The van der Waals surface area contributed by atoms with Gasteiger partial charge in [-0.25, -0.2) is 29.5 Å². The average molecular weight is 808 g/mol. The second kappa shape index (κ2) is 18.9. The first kappa shape index (κ1) is 42.4. The predicted molar refractivity (Wildman–Crippen MR) is 219 cm³/mol. The summed E-state index contributed by atoms with van der Waals surface area (Å²) in [5.41, 5.74) is -0.384. The van der Waals surface area contributed by atoms with Gasteiger partial charge >= 0.3 is 12.2 Å². The molecule has 1 N–H and O–H groups in total. The molecule has 2 aliphatic rings. The van der Waals surface area contributed by atoms with Crippen LogP contribution in [0.3, 0.4) is 0 Å². The summed E-state index contributed by atoms with van der Waals surface area (Å²) in [7, 11) is 0. The molecule has 3 amide bonds. The molecule has 0 aliphatic carbocycles. The average Bonchev–Trinajstić information content (AvgIpc) is 3.15. The van der Waals surface area contributed by atoms with E-state index in [1.54, 1.807) is 39.2 Å². The third-order valence-corrected chi connectivity index (χ3v) is 9.67. The molecule has 2 aliphatic heterocycles. The summed E-state index contributed by atoms with van der Waals surface area (Å²) in [6, 6.07) is 17.1. The van der Waals surface area contributed by atoms with Crippen molar-refractivity contribution < 1.29 is 23.9 Å². The van der Waals surface area contributed by atoms with Gasteiger partial charge in [0.15, 0.2) is 0 Å². The molecule has 0 bridgehead atoms. The van der Waals surface area contributed by atoms with E-state index in [1.165, 1.54) is 0 Å². The number of nitrogens with one attached hydrogen (secondary N) is 1. The Bertz CT molecular complexity index is 1950. The van der Waals surface area contributed by atoms with Crippen molar-refractivity contribution in [3.63, 3.8) is 0 Å². The maximum absolute atomic E-state index is 13.6. The highest BCUT2D eigenvalue weighted by molar-refractivity contribution is 6.28. The third kappa shape index (κ3) is 12.9. The van der Waals surface area contributed by atoms with Crippen molar-refractivity contribution in [1.29, 1.82) is 0 Å². The summed E-state index contributed by atoms with van der Waals surface area (Å²) < 4.78 is 10.9. The van der Waals surface area contributed by atoms with Crippen LogP contribution < -0.4 is 10.2 Å². The maximum atomic E-state index is 13.6. The van der Waals surface area contributed by atoms with Crippen molar-refractivity contribution in [2.24, 2.45) is 11.8 Å². The number of carbonyl (C=O) groups is 3. The van der Waals surface area contributed by atoms with Crippen LogP contribution in [0.2, 0.25) is 10.6 Å². The van der Waals surface area contributed by atoms with Gasteiger partial charge in [0.25, 0.3) is 5.91 Å². The normalized spacial score (nSPS) is 15.4. The van der Waals surface area contributed by atoms with Gasteiger partial charge < -0.3 is 24.6 Å². The topological polar surface area (TPSA) is 143 Å². The van der Waals surface area contributed by atoms with Crippen LogP contribution in [0.15, 0.2) is 67.0 Å². The number of amides is 3. The lowest BCUT2D eigenvalue weighted by atomic mass is 9.96. The number of rotatable bonds is 7. The zero-order chi connectivity index (χ0) is 40.5. The Morgan fingerprint density at radius 2 is 1.27 bits per heavy atom. The Balaban J connectivity index is 0.000000236. The number of fused-ring (bicyclic) bond motifs is 1. The quantitative estimate of drug-likeness (QED) is 0.180. The lowest BCUT2D eigenvalue weighted by molar-refractivity contribution is 0.0176. The highest BCUT2D eigenvalue weighted by atomic mass is 35.5. The Hall–Kier alpha value is -4.75. The molecule has 15 heteroatoms. The second-order valence-electron chi connectivity index (χ2n) is 16.1. The first-order valence-corrected chi connectivity index (χ1v) is 19.8.